The molecule has 6 rings (SSSR count). The lowest BCUT2D eigenvalue weighted by atomic mass is 10.1. The van der Waals surface area contributed by atoms with Gasteiger partial charge in [-0.2, -0.15) is 0 Å². The van der Waals surface area contributed by atoms with Crippen molar-refractivity contribution >= 4 is 21.4 Å². The zero-order valence-corrected chi connectivity index (χ0v) is 24.4. The summed E-state index contributed by atoms with van der Waals surface area (Å²) in [6.07, 6.45) is 3.04. The number of anilines is 2. The van der Waals surface area contributed by atoms with Crippen molar-refractivity contribution in [1.82, 2.24) is 19.8 Å². The predicted octanol–water partition coefficient (Wildman–Crippen LogP) is 2.45. The first-order valence-corrected chi connectivity index (χ1v) is 15.6. The Morgan fingerprint density at radius 1 is 1.00 bits per heavy atom. The van der Waals surface area contributed by atoms with E-state index in [0.717, 1.165) is 45.0 Å². The number of hydrogen-bond acceptors (Lipinski definition) is 10. The van der Waals surface area contributed by atoms with Gasteiger partial charge in [-0.05, 0) is 35.9 Å². The van der Waals surface area contributed by atoms with Crippen LogP contribution in [0.1, 0.15) is 5.56 Å². The van der Waals surface area contributed by atoms with Gasteiger partial charge >= 0.3 is 0 Å². The lowest BCUT2D eigenvalue weighted by Crippen LogP contribution is -2.56. The first-order chi connectivity index (χ1) is 20.4. The molecule has 0 unspecified atom stereocenters. The van der Waals surface area contributed by atoms with Crippen LogP contribution in [0, 0.1) is 5.82 Å². The number of piperazine rings is 1. The lowest BCUT2D eigenvalue weighted by molar-refractivity contribution is -0.0774. The zero-order valence-electron chi connectivity index (χ0n) is 23.5. The molecule has 0 radical (unpaired) electrons. The molecule has 5 heterocycles. The fourth-order valence-electron chi connectivity index (χ4n) is 5.46. The third-order valence-corrected chi connectivity index (χ3v) is 9.31. The SMILES string of the molecule is COc1ncc(N2CCOCC2)cc1S(=O)(=O)Nc1ccnc(-c2ccc(CN3CCN(C4COC4)CC3)cc2F)c1. The van der Waals surface area contributed by atoms with Gasteiger partial charge in [0.2, 0.25) is 5.88 Å². The van der Waals surface area contributed by atoms with Crippen molar-refractivity contribution < 1.29 is 27.0 Å². The van der Waals surface area contributed by atoms with Gasteiger partial charge < -0.3 is 19.1 Å². The standard InChI is InChI=1S/C29H35FN6O5S/c1-39-29-28(16-23(17-32-29)36-10-12-40-13-11-36)42(37,38)33-22-4-5-31-27(15-22)25-3-2-21(14-26(25)30)18-34-6-8-35(9-7-34)24-19-41-20-24/h2-5,14-17,24H,6-13,18-20H2,1H3,(H,31,33). The minimum atomic E-state index is -4.09. The lowest BCUT2D eigenvalue weighted by Gasteiger charge is -2.42. The van der Waals surface area contributed by atoms with Crippen molar-refractivity contribution in [1.29, 1.82) is 0 Å². The Morgan fingerprint density at radius 3 is 2.48 bits per heavy atom. The van der Waals surface area contributed by atoms with E-state index in [2.05, 4.69) is 24.5 Å². The summed E-state index contributed by atoms with van der Waals surface area (Å²) >= 11 is 0. The summed E-state index contributed by atoms with van der Waals surface area (Å²) in [4.78, 5) is 15.2. The zero-order chi connectivity index (χ0) is 29.1. The quantitative estimate of drug-likeness (QED) is 0.395. The van der Waals surface area contributed by atoms with E-state index in [0.29, 0.717) is 55.8 Å². The van der Waals surface area contributed by atoms with E-state index in [1.807, 2.05) is 11.0 Å². The molecule has 3 aromatic rings. The molecule has 3 saturated heterocycles. The maximum absolute atomic E-state index is 15.3. The van der Waals surface area contributed by atoms with Crippen LogP contribution in [0.15, 0.2) is 53.7 Å². The Balaban J connectivity index is 1.15. The van der Waals surface area contributed by atoms with Crippen molar-refractivity contribution in [2.75, 3.05) is 82.4 Å². The molecule has 13 heteroatoms. The Hall–Kier alpha value is -3.36. The second-order valence-corrected chi connectivity index (χ2v) is 12.3. The van der Waals surface area contributed by atoms with Crippen LogP contribution in [-0.2, 0) is 26.0 Å². The van der Waals surface area contributed by atoms with Crippen LogP contribution in [0.3, 0.4) is 0 Å². The number of pyridine rings is 2. The second-order valence-electron chi connectivity index (χ2n) is 10.7. The summed E-state index contributed by atoms with van der Waals surface area (Å²) in [5.41, 5.74) is 2.41. The molecule has 0 aliphatic carbocycles. The fourth-order valence-corrected chi connectivity index (χ4v) is 6.65. The summed E-state index contributed by atoms with van der Waals surface area (Å²) in [6, 6.07) is 10.3. The van der Waals surface area contributed by atoms with Gasteiger partial charge in [-0.15, -0.1) is 0 Å². The monoisotopic (exact) mass is 598 g/mol. The smallest absolute Gasteiger partial charge is 0.267 e. The Bertz CT molecular complexity index is 1510. The van der Waals surface area contributed by atoms with Crippen molar-refractivity contribution in [3.8, 4) is 17.1 Å². The van der Waals surface area contributed by atoms with E-state index in [9.17, 15) is 8.42 Å². The van der Waals surface area contributed by atoms with Crippen molar-refractivity contribution in [3.63, 3.8) is 0 Å². The number of nitrogens with one attached hydrogen (secondary N) is 1. The van der Waals surface area contributed by atoms with E-state index < -0.39 is 15.8 Å². The summed E-state index contributed by atoms with van der Waals surface area (Å²) in [6.45, 7) is 8.50. The Morgan fingerprint density at radius 2 is 1.79 bits per heavy atom. The molecule has 2 aromatic heterocycles. The van der Waals surface area contributed by atoms with Crippen LogP contribution >= 0.6 is 0 Å². The topological polar surface area (TPSA) is 109 Å². The molecular formula is C29H35FN6O5S. The van der Waals surface area contributed by atoms with Gasteiger partial charge in [-0.3, -0.25) is 19.5 Å². The van der Waals surface area contributed by atoms with Gasteiger partial charge in [-0.25, -0.2) is 17.8 Å². The minimum absolute atomic E-state index is 0.0195. The maximum atomic E-state index is 15.3. The fraction of sp³-hybridized carbons (Fsp3) is 0.448. The third kappa shape index (κ3) is 6.35. The van der Waals surface area contributed by atoms with E-state index >= 15 is 4.39 Å². The van der Waals surface area contributed by atoms with Gasteiger partial charge in [-0.1, -0.05) is 6.07 Å². The Labute approximate surface area is 245 Å². The average Bonchev–Trinajstić information content (AvgIpc) is 2.97. The maximum Gasteiger partial charge on any atom is 0.267 e. The number of sulfonamides is 1. The van der Waals surface area contributed by atoms with Gasteiger partial charge in [0, 0.05) is 57.6 Å². The molecule has 1 aromatic carbocycles. The van der Waals surface area contributed by atoms with Crippen molar-refractivity contribution in [2.45, 2.75) is 17.5 Å². The predicted molar refractivity (Wildman–Crippen MR) is 156 cm³/mol. The highest BCUT2D eigenvalue weighted by molar-refractivity contribution is 7.92. The third-order valence-electron chi connectivity index (χ3n) is 7.93. The number of ether oxygens (including phenoxy) is 3. The molecular weight excluding hydrogens is 563 g/mol. The average molecular weight is 599 g/mol. The van der Waals surface area contributed by atoms with E-state index in [-0.39, 0.29) is 16.5 Å². The number of benzene rings is 1. The second kappa shape index (κ2) is 12.5. The largest absolute Gasteiger partial charge is 0.480 e. The molecule has 42 heavy (non-hydrogen) atoms. The first kappa shape index (κ1) is 28.7. The number of rotatable bonds is 9. The van der Waals surface area contributed by atoms with E-state index in [1.165, 1.54) is 31.5 Å². The van der Waals surface area contributed by atoms with Gasteiger partial charge in [0.1, 0.15) is 5.82 Å². The van der Waals surface area contributed by atoms with Crippen LogP contribution in [0.5, 0.6) is 5.88 Å². The molecule has 3 fully saturated rings. The first-order valence-electron chi connectivity index (χ1n) is 14.1. The molecule has 224 valence electrons. The molecule has 0 amide bonds. The number of aromatic nitrogens is 2. The summed E-state index contributed by atoms with van der Waals surface area (Å²) in [5.74, 6) is -0.428. The molecule has 0 spiro atoms. The van der Waals surface area contributed by atoms with Crippen LogP contribution in [0.2, 0.25) is 0 Å². The molecule has 0 saturated carbocycles. The number of methoxy groups -OCH3 is 1. The summed E-state index contributed by atoms with van der Waals surface area (Å²) in [7, 11) is -2.72. The van der Waals surface area contributed by atoms with Crippen LogP contribution in [-0.4, -0.2) is 107 Å². The van der Waals surface area contributed by atoms with Crippen LogP contribution in [0.25, 0.3) is 11.3 Å². The van der Waals surface area contributed by atoms with Gasteiger partial charge in [0.05, 0.1) is 62.8 Å². The minimum Gasteiger partial charge on any atom is -0.480 e. The molecule has 0 atom stereocenters. The highest BCUT2D eigenvalue weighted by atomic mass is 32.2. The van der Waals surface area contributed by atoms with Crippen LogP contribution < -0.4 is 14.4 Å². The van der Waals surface area contributed by atoms with Gasteiger partial charge in [0.25, 0.3) is 10.0 Å². The Kier molecular flexibility index (Phi) is 8.54. The number of hydrogen-bond donors (Lipinski definition) is 1. The van der Waals surface area contributed by atoms with Crippen molar-refractivity contribution in [3.05, 3.63) is 60.2 Å². The number of halogens is 1. The van der Waals surface area contributed by atoms with Crippen molar-refractivity contribution in [2.24, 2.45) is 0 Å². The van der Waals surface area contributed by atoms with E-state index in [4.69, 9.17) is 14.2 Å². The normalized spacial score (nSPS) is 19.0. The molecule has 3 aliphatic rings. The number of morpholine rings is 1. The summed E-state index contributed by atoms with van der Waals surface area (Å²) in [5, 5.41) is 0. The number of nitrogens with zero attached hydrogens (tertiary/aromatic N) is 5. The molecule has 0 bridgehead atoms. The molecule has 3 aliphatic heterocycles. The molecule has 11 nitrogen and oxygen atoms in total. The van der Waals surface area contributed by atoms with Crippen LogP contribution in [0.4, 0.5) is 15.8 Å². The van der Waals surface area contributed by atoms with Gasteiger partial charge in [0.15, 0.2) is 4.90 Å². The van der Waals surface area contributed by atoms with E-state index in [1.54, 1.807) is 18.3 Å². The highest BCUT2D eigenvalue weighted by Gasteiger charge is 2.29. The molecule has 1 N–H and O–H groups in total. The summed E-state index contributed by atoms with van der Waals surface area (Å²) < 4.78 is 60.8. The highest BCUT2D eigenvalue weighted by Crippen LogP contribution is 2.30.